The molecule has 6 heteroatoms. The third-order valence-electron chi connectivity index (χ3n) is 2.52. The van der Waals surface area contributed by atoms with E-state index < -0.39 is 12.1 Å². The monoisotopic (exact) mass is 274 g/mol. The summed E-state index contributed by atoms with van der Waals surface area (Å²) in [6, 6.07) is 0. The van der Waals surface area contributed by atoms with Crippen molar-refractivity contribution in [1.82, 2.24) is 0 Å². The Kier molecular flexibility index (Phi) is 7.79. The maximum absolute atomic E-state index is 11.1. The lowest BCUT2D eigenvalue weighted by atomic mass is 9.94. The van der Waals surface area contributed by atoms with Gasteiger partial charge in [-0.2, -0.15) is 0 Å². The van der Waals surface area contributed by atoms with Crippen LogP contribution < -0.4 is 0 Å². The predicted molar refractivity (Wildman–Crippen MR) is 67.1 cm³/mol. The fourth-order valence-corrected chi connectivity index (χ4v) is 1.67. The highest BCUT2D eigenvalue weighted by molar-refractivity contribution is 5.67. The summed E-state index contributed by atoms with van der Waals surface area (Å²) in [5, 5.41) is 0. The van der Waals surface area contributed by atoms with Crippen molar-refractivity contribution in [2.75, 3.05) is 13.2 Å². The van der Waals surface area contributed by atoms with E-state index in [1.54, 1.807) is 13.8 Å². The van der Waals surface area contributed by atoms with Gasteiger partial charge in [0.25, 0.3) is 0 Å². The molecule has 0 aliphatic rings. The number of carbonyl (C=O) groups is 3. The van der Waals surface area contributed by atoms with Gasteiger partial charge in [-0.1, -0.05) is 13.8 Å². The molecule has 0 rings (SSSR count). The summed E-state index contributed by atoms with van der Waals surface area (Å²) in [4.78, 5) is 32.7. The topological polar surface area (TPSA) is 78.9 Å². The molecule has 2 atom stereocenters. The van der Waals surface area contributed by atoms with E-state index >= 15 is 0 Å². The van der Waals surface area contributed by atoms with Crippen LogP contribution in [0.25, 0.3) is 0 Å². The van der Waals surface area contributed by atoms with E-state index in [0.29, 0.717) is 0 Å². The molecule has 0 aliphatic heterocycles. The first-order valence-corrected chi connectivity index (χ1v) is 6.18. The van der Waals surface area contributed by atoms with Crippen LogP contribution in [0.4, 0.5) is 0 Å². The number of hydrogen-bond donors (Lipinski definition) is 0. The minimum absolute atomic E-state index is 0.150. The highest BCUT2D eigenvalue weighted by Gasteiger charge is 2.28. The molecule has 0 spiro atoms. The van der Waals surface area contributed by atoms with Gasteiger partial charge in [0, 0.05) is 32.6 Å². The predicted octanol–water partition coefficient (Wildman–Crippen LogP) is 1.32. The minimum atomic E-state index is -0.476. The molecular weight excluding hydrogens is 252 g/mol. The Morgan fingerprint density at radius 1 is 0.789 bits per heavy atom. The van der Waals surface area contributed by atoms with Crippen LogP contribution in [0.2, 0.25) is 0 Å². The average molecular weight is 274 g/mol. The van der Waals surface area contributed by atoms with E-state index in [1.807, 2.05) is 0 Å². The second-order valence-corrected chi connectivity index (χ2v) is 4.63. The Morgan fingerprint density at radius 3 is 1.42 bits per heavy atom. The van der Waals surface area contributed by atoms with E-state index in [-0.39, 0.29) is 37.0 Å². The van der Waals surface area contributed by atoms with Crippen LogP contribution in [0.3, 0.4) is 0 Å². The van der Waals surface area contributed by atoms with Gasteiger partial charge in [0.05, 0.1) is 13.2 Å². The van der Waals surface area contributed by atoms with Crippen molar-refractivity contribution in [3.63, 3.8) is 0 Å². The summed E-state index contributed by atoms with van der Waals surface area (Å²) in [6.07, 6.45) is -0.476. The first kappa shape index (κ1) is 17.4. The molecular formula is C13H22O6. The SMILES string of the molecule is CC(=O)OC[C@H](C)C(OC(C)=O)[C@@H](C)COC(C)=O. The molecule has 0 aromatic rings. The zero-order valence-electron chi connectivity index (χ0n) is 12.1. The zero-order chi connectivity index (χ0) is 15.0. The Labute approximate surface area is 113 Å². The van der Waals surface area contributed by atoms with Crippen LogP contribution >= 0.6 is 0 Å². The molecule has 0 aromatic heterocycles. The molecule has 0 aromatic carbocycles. The quantitative estimate of drug-likeness (QED) is 0.514. The Balaban J connectivity index is 4.54. The molecule has 19 heavy (non-hydrogen) atoms. The lowest BCUT2D eigenvalue weighted by molar-refractivity contribution is -0.158. The smallest absolute Gasteiger partial charge is 0.302 e. The van der Waals surface area contributed by atoms with Crippen LogP contribution in [-0.4, -0.2) is 37.2 Å². The number of hydrogen-bond acceptors (Lipinski definition) is 6. The molecule has 0 heterocycles. The van der Waals surface area contributed by atoms with Gasteiger partial charge in [-0.3, -0.25) is 14.4 Å². The van der Waals surface area contributed by atoms with E-state index in [2.05, 4.69) is 0 Å². The largest absolute Gasteiger partial charge is 0.465 e. The first-order valence-electron chi connectivity index (χ1n) is 6.18. The normalized spacial score (nSPS) is 13.6. The van der Waals surface area contributed by atoms with E-state index in [0.717, 1.165) is 0 Å². The Bertz CT molecular complexity index is 301. The zero-order valence-corrected chi connectivity index (χ0v) is 12.1. The van der Waals surface area contributed by atoms with Crippen molar-refractivity contribution in [1.29, 1.82) is 0 Å². The van der Waals surface area contributed by atoms with Gasteiger partial charge < -0.3 is 14.2 Å². The molecule has 6 nitrogen and oxygen atoms in total. The highest BCUT2D eigenvalue weighted by atomic mass is 16.6. The van der Waals surface area contributed by atoms with Crippen molar-refractivity contribution >= 4 is 17.9 Å². The molecule has 0 amide bonds. The average Bonchev–Trinajstić information content (AvgIpc) is 2.29. The third kappa shape index (κ3) is 8.18. The molecule has 110 valence electrons. The molecule has 0 N–H and O–H groups in total. The van der Waals surface area contributed by atoms with Crippen molar-refractivity contribution in [3.05, 3.63) is 0 Å². The van der Waals surface area contributed by atoms with Crippen LogP contribution in [0.15, 0.2) is 0 Å². The number of esters is 3. The molecule has 0 aliphatic carbocycles. The summed E-state index contributed by atoms with van der Waals surface area (Å²) >= 11 is 0. The van der Waals surface area contributed by atoms with Crippen LogP contribution in [0.1, 0.15) is 34.6 Å². The van der Waals surface area contributed by atoms with Crippen LogP contribution in [-0.2, 0) is 28.6 Å². The van der Waals surface area contributed by atoms with Crippen molar-refractivity contribution < 1.29 is 28.6 Å². The number of rotatable bonds is 7. The van der Waals surface area contributed by atoms with Gasteiger partial charge in [0.2, 0.25) is 0 Å². The van der Waals surface area contributed by atoms with Crippen molar-refractivity contribution in [2.24, 2.45) is 11.8 Å². The first-order chi connectivity index (χ1) is 8.73. The minimum Gasteiger partial charge on any atom is -0.465 e. The lowest BCUT2D eigenvalue weighted by Crippen LogP contribution is -2.36. The fraction of sp³-hybridized carbons (Fsp3) is 0.769. The summed E-state index contributed by atoms with van der Waals surface area (Å²) in [5.74, 6) is -1.56. The second kappa shape index (κ2) is 8.50. The van der Waals surface area contributed by atoms with Crippen LogP contribution in [0.5, 0.6) is 0 Å². The molecule has 0 fully saturated rings. The van der Waals surface area contributed by atoms with Gasteiger partial charge >= 0.3 is 17.9 Å². The number of carbonyl (C=O) groups excluding carboxylic acids is 3. The van der Waals surface area contributed by atoms with Gasteiger partial charge in [-0.15, -0.1) is 0 Å². The maximum atomic E-state index is 11.1. The number of ether oxygens (including phenoxy) is 3. The van der Waals surface area contributed by atoms with Gasteiger partial charge in [-0.05, 0) is 0 Å². The summed E-state index contributed by atoms with van der Waals surface area (Å²) < 4.78 is 15.0. The van der Waals surface area contributed by atoms with Gasteiger partial charge in [0.1, 0.15) is 6.10 Å². The molecule has 0 unspecified atom stereocenters. The highest BCUT2D eigenvalue weighted by Crippen LogP contribution is 2.18. The van der Waals surface area contributed by atoms with E-state index in [1.165, 1.54) is 20.8 Å². The van der Waals surface area contributed by atoms with E-state index in [9.17, 15) is 14.4 Å². The second-order valence-electron chi connectivity index (χ2n) is 4.63. The van der Waals surface area contributed by atoms with Gasteiger partial charge in [0.15, 0.2) is 0 Å². The van der Waals surface area contributed by atoms with Gasteiger partial charge in [-0.25, -0.2) is 0 Å². The molecule has 0 saturated heterocycles. The standard InChI is InChI=1S/C13H22O6/c1-8(6-17-10(3)14)13(19-12(5)16)9(2)7-18-11(4)15/h8-9,13H,6-7H2,1-5H3/t8-,9-/m0/s1. The van der Waals surface area contributed by atoms with Crippen molar-refractivity contribution in [2.45, 2.75) is 40.7 Å². The summed E-state index contributed by atoms with van der Waals surface area (Å²) in [6.45, 7) is 7.85. The molecule has 0 saturated carbocycles. The molecule has 0 radical (unpaired) electrons. The summed E-state index contributed by atoms with van der Waals surface area (Å²) in [5.41, 5.74) is 0. The fourth-order valence-electron chi connectivity index (χ4n) is 1.67. The van der Waals surface area contributed by atoms with Crippen molar-refractivity contribution in [3.8, 4) is 0 Å². The van der Waals surface area contributed by atoms with E-state index in [4.69, 9.17) is 14.2 Å². The maximum Gasteiger partial charge on any atom is 0.302 e. The Morgan fingerprint density at radius 2 is 1.16 bits per heavy atom. The Hall–Kier alpha value is -1.59. The summed E-state index contributed by atoms with van der Waals surface area (Å²) in [7, 11) is 0. The van der Waals surface area contributed by atoms with Crippen LogP contribution in [0, 0.1) is 11.8 Å². The third-order valence-corrected chi connectivity index (χ3v) is 2.52. The molecule has 0 bridgehead atoms. The lowest BCUT2D eigenvalue weighted by Gasteiger charge is -2.28.